The van der Waals surface area contributed by atoms with Crippen molar-refractivity contribution in [2.45, 2.75) is 18.9 Å². The second kappa shape index (κ2) is 6.20. The summed E-state index contributed by atoms with van der Waals surface area (Å²) < 4.78 is 15.6. The maximum absolute atomic E-state index is 13.9. The first-order valence-electron chi connectivity index (χ1n) is 9.10. The molecule has 0 bridgehead atoms. The predicted molar refractivity (Wildman–Crippen MR) is 98.0 cm³/mol. The van der Waals surface area contributed by atoms with Crippen LogP contribution in [0, 0.1) is 23.1 Å². The van der Waals surface area contributed by atoms with E-state index >= 15 is 0 Å². The van der Waals surface area contributed by atoms with Crippen LogP contribution in [0.2, 0.25) is 0 Å². The number of rotatable bonds is 2. The van der Waals surface area contributed by atoms with Crippen molar-refractivity contribution in [1.29, 1.82) is 5.26 Å². The van der Waals surface area contributed by atoms with Crippen LogP contribution < -0.4 is 9.80 Å². The fraction of sp³-hybridized carbons (Fsp3) is 0.368. The van der Waals surface area contributed by atoms with Crippen molar-refractivity contribution < 1.29 is 4.39 Å². The molecule has 5 rings (SSSR count). The molecule has 2 aliphatic rings. The average Bonchev–Trinajstić information content (AvgIpc) is 3.33. The largest absolute Gasteiger partial charge is 0.366 e. The lowest BCUT2D eigenvalue weighted by Crippen LogP contribution is -2.48. The van der Waals surface area contributed by atoms with Crippen molar-refractivity contribution in [2.75, 3.05) is 29.4 Å². The number of anilines is 2. The summed E-state index contributed by atoms with van der Waals surface area (Å²) in [6.45, 7) is 2.65. The molecule has 136 valence electrons. The molecule has 0 N–H and O–H groups in total. The molecule has 1 aromatic carbocycles. The fourth-order valence-corrected chi connectivity index (χ4v) is 4.36. The molecule has 2 saturated heterocycles. The zero-order chi connectivity index (χ0) is 18.4. The summed E-state index contributed by atoms with van der Waals surface area (Å²) in [5.74, 6) is 1.11. The second-order valence-corrected chi connectivity index (χ2v) is 7.18. The Labute approximate surface area is 155 Å². The van der Waals surface area contributed by atoms with Gasteiger partial charge in [-0.05, 0) is 49.1 Å². The Bertz CT molecular complexity index is 1040. The van der Waals surface area contributed by atoms with E-state index in [1.807, 2.05) is 12.1 Å². The van der Waals surface area contributed by atoms with Gasteiger partial charge in [0.1, 0.15) is 18.0 Å². The van der Waals surface area contributed by atoms with Gasteiger partial charge in [0.05, 0.1) is 11.6 Å². The van der Waals surface area contributed by atoms with Gasteiger partial charge in [0.25, 0.3) is 0 Å². The average molecular weight is 363 g/mol. The maximum Gasteiger partial charge on any atom is 0.177 e. The number of nitriles is 1. The van der Waals surface area contributed by atoms with E-state index in [1.165, 1.54) is 12.1 Å². The molecular weight excluding hydrogens is 345 g/mol. The van der Waals surface area contributed by atoms with Crippen LogP contribution in [0.3, 0.4) is 0 Å². The van der Waals surface area contributed by atoms with Gasteiger partial charge in [0, 0.05) is 31.4 Å². The number of fused-ring (bicyclic) bond motifs is 2. The van der Waals surface area contributed by atoms with Crippen LogP contribution in [0.4, 0.5) is 15.9 Å². The van der Waals surface area contributed by atoms with E-state index in [0.717, 1.165) is 49.6 Å². The monoisotopic (exact) mass is 363 g/mol. The summed E-state index contributed by atoms with van der Waals surface area (Å²) in [5.41, 5.74) is 1.88. The molecule has 2 aromatic heterocycles. The summed E-state index contributed by atoms with van der Waals surface area (Å²) in [7, 11) is 0. The molecule has 2 fully saturated rings. The van der Waals surface area contributed by atoms with E-state index in [2.05, 4.69) is 31.2 Å². The van der Waals surface area contributed by atoms with Crippen molar-refractivity contribution in [3.05, 3.63) is 48.0 Å². The number of benzene rings is 1. The van der Waals surface area contributed by atoms with E-state index < -0.39 is 0 Å². The molecule has 0 spiro atoms. The Morgan fingerprint density at radius 2 is 2.04 bits per heavy atom. The van der Waals surface area contributed by atoms with Crippen molar-refractivity contribution in [2.24, 2.45) is 5.92 Å². The van der Waals surface area contributed by atoms with Crippen LogP contribution in [0.25, 0.3) is 5.65 Å². The van der Waals surface area contributed by atoms with E-state index in [0.29, 0.717) is 11.5 Å². The van der Waals surface area contributed by atoms with Crippen molar-refractivity contribution >= 4 is 17.2 Å². The lowest BCUT2D eigenvalue weighted by molar-refractivity contribution is 0.388. The number of nitrogens with zero attached hydrogens (tertiary/aromatic N) is 7. The molecule has 0 aliphatic carbocycles. The van der Waals surface area contributed by atoms with E-state index in [-0.39, 0.29) is 11.9 Å². The minimum Gasteiger partial charge on any atom is -0.366 e. The molecule has 7 nitrogen and oxygen atoms in total. The van der Waals surface area contributed by atoms with Crippen LogP contribution in [0.15, 0.2) is 36.7 Å². The second-order valence-electron chi connectivity index (χ2n) is 7.18. The maximum atomic E-state index is 13.9. The SMILES string of the molecule is N#Cc1cc(F)cc(N2CCC3CCN(c4ccc5nncn5n4)CC32)c1. The zero-order valence-corrected chi connectivity index (χ0v) is 14.7. The molecule has 8 heteroatoms. The van der Waals surface area contributed by atoms with Crippen LogP contribution in [-0.4, -0.2) is 45.5 Å². The van der Waals surface area contributed by atoms with Gasteiger partial charge in [-0.25, -0.2) is 4.39 Å². The van der Waals surface area contributed by atoms with Crippen LogP contribution in [0.5, 0.6) is 0 Å². The molecule has 2 unspecified atom stereocenters. The quantitative estimate of drug-likeness (QED) is 0.695. The van der Waals surface area contributed by atoms with Crippen LogP contribution in [0.1, 0.15) is 18.4 Å². The Kier molecular flexibility index (Phi) is 3.67. The highest BCUT2D eigenvalue weighted by Crippen LogP contribution is 2.36. The Morgan fingerprint density at radius 1 is 1.15 bits per heavy atom. The normalized spacial score (nSPS) is 22.1. The van der Waals surface area contributed by atoms with Gasteiger partial charge >= 0.3 is 0 Å². The summed E-state index contributed by atoms with van der Waals surface area (Å²) in [6, 6.07) is 10.8. The first kappa shape index (κ1) is 16.0. The number of aromatic nitrogens is 4. The standard InChI is InChI=1S/C19H18FN7/c20-15-7-13(10-21)8-16(9-15)26-6-4-14-3-5-25(11-17(14)26)19-2-1-18-23-22-12-27(18)24-19/h1-2,7-9,12,14,17H,3-6,11H2. The summed E-state index contributed by atoms with van der Waals surface area (Å²) in [4.78, 5) is 4.52. The highest BCUT2D eigenvalue weighted by molar-refractivity contribution is 5.55. The minimum absolute atomic E-state index is 0.283. The van der Waals surface area contributed by atoms with Crippen LogP contribution >= 0.6 is 0 Å². The van der Waals surface area contributed by atoms with Gasteiger partial charge in [0.2, 0.25) is 0 Å². The summed E-state index contributed by atoms with van der Waals surface area (Å²) in [6.07, 6.45) is 3.77. The van der Waals surface area contributed by atoms with Crippen molar-refractivity contribution in [3.8, 4) is 6.07 Å². The zero-order valence-electron chi connectivity index (χ0n) is 14.7. The number of hydrogen-bond donors (Lipinski definition) is 0. The third-order valence-electron chi connectivity index (χ3n) is 5.68. The van der Waals surface area contributed by atoms with Crippen molar-refractivity contribution in [3.63, 3.8) is 0 Å². The van der Waals surface area contributed by atoms with Gasteiger partial charge in [-0.15, -0.1) is 15.3 Å². The van der Waals surface area contributed by atoms with Gasteiger partial charge in [-0.1, -0.05) is 0 Å². The smallest absolute Gasteiger partial charge is 0.177 e. The Morgan fingerprint density at radius 3 is 2.93 bits per heavy atom. The lowest BCUT2D eigenvalue weighted by atomic mass is 9.92. The number of halogens is 1. The molecule has 3 aromatic rings. The topological polar surface area (TPSA) is 73.4 Å². The highest BCUT2D eigenvalue weighted by Gasteiger charge is 2.39. The van der Waals surface area contributed by atoms with E-state index in [9.17, 15) is 4.39 Å². The molecule has 2 aliphatic heterocycles. The Hall–Kier alpha value is -3.21. The predicted octanol–water partition coefficient (Wildman–Crippen LogP) is 2.24. The Balaban J connectivity index is 1.43. The van der Waals surface area contributed by atoms with E-state index in [4.69, 9.17) is 5.26 Å². The first-order chi connectivity index (χ1) is 13.2. The summed E-state index contributed by atoms with van der Waals surface area (Å²) in [5, 5.41) is 21.6. The third-order valence-corrected chi connectivity index (χ3v) is 5.68. The molecule has 0 saturated carbocycles. The number of piperidine rings is 1. The first-order valence-corrected chi connectivity index (χ1v) is 9.10. The lowest BCUT2D eigenvalue weighted by Gasteiger charge is -2.39. The van der Waals surface area contributed by atoms with Crippen molar-refractivity contribution in [1.82, 2.24) is 19.8 Å². The number of hydrogen-bond acceptors (Lipinski definition) is 6. The molecular formula is C19H18FN7. The van der Waals surface area contributed by atoms with Gasteiger partial charge in [-0.3, -0.25) is 0 Å². The highest BCUT2D eigenvalue weighted by atomic mass is 19.1. The molecule has 4 heterocycles. The van der Waals surface area contributed by atoms with Gasteiger partial charge in [0.15, 0.2) is 5.65 Å². The van der Waals surface area contributed by atoms with E-state index in [1.54, 1.807) is 16.9 Å². The third kappa shape index (κ3) is 2.76. The summed E-state index contributed by atoms with van der Waals surface area (Å²) >= 11 is 0. The molecule has 0 radical (unpaired) electrons. The fourth-order valence-electron chi connectivity index (χ4n) is 4.36. The molecule has 0 amide bonds. The van der Waals surface area contributed by atoms with Gasteiger partial charge < -0.3 is 9.80 Å². The molecule has 2 atom stereocenters. The van der Waals surface area contributed by atoms with Crippen LogP contribution in [-0.2, 0) is 0 Å². The minimum atomic E-state index is -0.361. The van der Waals surface area contributed by atoms with Gasteiger partial charge in [-0.2, -0.15) is 9.78 Å². The molecule has 27 heavy (non-hydrogen) atoms.